The molecule has 0 aromatic heterocycles. The molecule has 0 saturated carbocycles. The maximum atomic E-state index is 13.0. The van der Waals surface area contributed by atoms with Crippen molar-refractivity contribution in [3.05, 3.63) is 63.4 Å². The second-order valence-corrected chi connectivity index (χ2v) is 5.98. The Morgan fingerprint density at radius 1 is 1.13 bits per heavy atom. The van der Waals surface area contributed by atoms with E-state index in [0.717, 1.165) is 16.8 Å². The van der Waals surface area contributed by atoms with Crippen LogP contribution in [0.15, 0.2) is 40.9 Å². The normalized spacial score (nSPS) is 10.3. The summed E-state index contributed by atoms with van der Waals surface area (Å²) in [5.41, 5.74) is 2.91. The van der Waals surface area contributed by atoms with Crippen molar-refractivity contribution in [3.8, 4) is 0 Å². The van der Waals surface area contributed by atoms with E-state index in [4.69, 9.17) is 0 Å². The number of hydrogen-bond donors (Lipinski definition) is 2. The van der Waals surface area contributed by atoms with E-state index in [0.29, 0.717) is 4.47 Å². The fraction of sp³-hybridized carbons (Fsp3) is 0.176. The average Bonchev–Trinajstić information content (AvgIpc) is 2.49. The summed E-state index contributed by atoms with van der Waals surface area (Å²) in [4.78, 5) is 24.0. The Hall–Kier alpha value is -2.21. The van der Waals surface area contributed by atoms with E-state index in [9.17, 15) is 14.0 Å². The molecule has 0 unspecified atom stereocenters. The summed E-state index contributed by atoms with van der Waals surface area (Å²) in [5.74, 6) is -1.22. The van der Waals surface area contributed by atoms with E-state index in [1.807, 2.05) is 32.0 Å². The van der Waals surface area contributed by atoms with Crippen LogP contribution < -0.4 is 10.6 Å². The van der Waals surface area contributed by atoms with Crippen molar-refractivity contribution in [2.75, 3.05) is 11.9 Å². The van der Waals surface area contributed by atoms with E-state index in [1.165, 1.54) is 18.2 Å². The molecule has 0 aliphatic rings. The Morgan fingerprint density at radius 2 is 1.78 bits per heavy atom. The first kappa shape index (κ1) is 17.1. The van der Waals surface area contributed by atoms with Gasteiger partial charge in [-0.25, -0.2) is 4.39 Å². The second-order valence-electron chi connectivity index (χ2n) is 5.12. The summed E-state index contributed by atoms with van der Waals surface area (Å²) in [7, 11) is 0. The van der Waals surface area contributed by atoms with Crippen LogP contribution in [0, 0.1) is 19.7 Å². The van der Waals surface area contributed by atoms with Crippen molar-refractivity contribution in [2.45, 2.75) is 13.8 Å². The fourth-order valence-electron chi connectivity index (χ4n) is 2.12. The van der Waals surface area contributed by atoms with Crippen LogP contribution in [0.3, 0.4) is 0 Å². The highest BCUT2D eigenvalue weighted by atomic mass is 79.9. The largest absolute Gasteiger partial charge is 0.343 e. The molecule has 6 heteroatoms. The number of aryl methyl sites for hydroxylation is 2. The number of nitrogens with one attached hydrogen (secondary N) is 2. The quantitative estimate of drug-likeness (QED) is 0.854. The van der Waals surface area contributed by atoms with Crippen LogP contribution in [0.2, 0.25) is 0 Å². The third-order valence-electron chi connectivity index (χ3n) is 3.33. The van der Waals surface area contributed by atoms with Gasteiger partial charge in [0.1, 0.15) is 5.82 Å². The number of hydrogen-bond acceptors (Lipinski definition) is 2. The summed E-state index contributed by atoms with van der Waals surface area (Å²) in [5, 5.41) is 5.30. The third kappa shape index (κ3) is 4.39. The molecule has 0 radical (unpaired) electrons. The van der Waals surface area contributed by atoms with Gasteiger partial charge in [-0.15, -0.1) is 0 Å². The van der Waals surface area contributed by atoms with Gasteiger partial charge in [0, 0.05) is 10.2 Å². The lowest BCUT2D eigenvalue weighted by atomic mass is 10.1. The molecule has 0 heterocycles. The Bertz CT molecular complexity index is 742. The predicted octanol–water partition coefficient (Wildman–Crippen LogP) is 3.57. The topological polar surface area (TPSA) is 58.2 Å². The molecule has 0 fully saturated rings. The smallest absolute Gasteiger partial charge is 0.252 e. The highest BCUT2D eigenvalue weighted by Gasteiger charge is 2.13. The van der Waals surface area contributed by atoms with E-state index >= 15 is 0 Å². The molecule has 0 aliphatic heterocycles. The Balaban J connectivity index is 1.98. The summed E-state index contributed by atoms with van der Waals surface area (Å²) in [6.45, 7) is 3.63. The highest BCUT2D eigenvalue weighted by molar-refractivity contribution is 9.10. The van der Waals surface area contributed by atoms with Gasteiger partial charge in [-0.05, 0) is 59.1 Å². The maximum Gasteiger partial charge on any atom is 0.252 e. The zero-order valence-corrected chi connectivity index (χ0v) is 14.3. The molecular formula is C17H16BrFN2O2. The van der Waals surface area contributed by atoms with Crippen molar-refractivity contribution in [2.24, 2.45) is 0 Å². The monoisotopic (exact) mass is 378 g/mol. The standard InChI is InChI=1S/C17H16BrFN2O2/c1-10-4-3-5-11(2)16(10)21-15(22)9-20-17(23)13-7-6-12(19)8-14(13)18/h3-8H,9H2,1-2H3,(H,20,23)(H,21,22). The van der Waals surface area contributed by atoms with Gasteiger partial charge in [-0.1, -0.05) is 18.2 Å². The molecule has 2 aromatic carbocycles. The van der Waals surface area contributed by atoms with E-state index in [2.05, 4.69) is 26.6 Å². The molecule has 2 N–H and O–H groups in total. The summed E-state index contributed by atoms with van der Waals surface area (Å²) in [6.07, 6.45) is 0. The van der Waals surface area contributed by atoms with Crippen LogP contribution in [0.4, 0.5) is 10.1 Å². The summed E-state index contributed by atoms with van der Waals surface area (Å²) in [6, 6.07) is 9.46. The molecule has 0 aliphatic carbocycles. The molecule has 23 heavy (non-hydrogen) atoms. The predicted molar refractivity (Wildman–Crippen MR) is 91.0 cm³/mol. The number of rotatable bonds is 4. The number of carbonyl (C=O) groups excluding carboxylic acids is 2. The van der Waals surface area contributed by atoms with Crippen LogP contribution in [0.1, 0.15) is 21.5 Å². The molecule has 0 saturated heterocycles. The average molecular weight is 379 g/mol. The lowest BCUT2D eigenvalue weighted by molar-refractivity contribution is -0.115. The molecule has 2 aromatic rings. The SMILES string of the molecule is Cc1cccc(C)c1NC(=O)CNC(=O)c1ccc(F)cc1Br. The zero-order valence-electron chi connectivity index (χ0n) is 12.7. The molecule has 2 rings (SSSR count). The van der Waals surface area contributed by atoms with Crippen LogP contribution >= 0.6 is 15.9 Å². The van der Waals surface area contributed by atoms with E-state index in [-0.39, 0.29) is 18.0 Å². The van der Waals surface area contributed by atoms with Crippen LogP contribution in [0.25, 0.3) is 0 Å². The Morgan fingerprint density at radius 3 is 2.39 bits per heavy atom. The lowest BCUT2D eigenvalue weighted by Crippen LogP contribution is -2.33. The minimum Gasteiger partial charge on any atom is -0.343 e. The molecule has 0 spiro atoms. The summed E-state index contributed by atoms with van der Waals surface area (Å²) >= 11 is 3.13. The van der Waals surface area contributed by atoms with Gasteiger partial charge >= 0.3 is 0 Å². The second kappa shape index (κ2) is 7.37. The van der Waals surface area contributed by atoms with Crippen molar-refractivity contribution in [1.82, 2.24) is 5.32 Å². The van der Waals surface area contributed by atoms with Gasteiger partial charge in [0.2, 0.25) is 5.91 Å². The van der Waals surface area contributed by atoms with Crippen LogP contribution in [0.5, 0.6) is 0 Å². The Kier molecular flexibility index (Phi) is 5.50. The molecular weight excluding hydrogens is 363 g/mol. The van der Waals surface area contributed by atoms with Gasteiger partial charge in [-0.3, -0.25) is 9.59 Å². The number of carbonyl (C=O) groups is 2. The minimum absolute atomic E-state index is 0.170. The highest BCUT2D eigenvalue weighted by Crippen LogP contribution is 2.19. The number of benzene rings is 2. The number of para-hydroxylation sites is 1. The van der Waals surface area contributed by atoms with Gasteiger partial charge in [0.05, 0.1) is 12.1 Å². The fourth-order valence-corrected chi connectivity index (χ4v) is 2.66. The number of anilines is 1. The maximum absolute atomic E-state index is 13.0. The minimum atomic E-state index is -0.450. The first-order chi connectivity index (χ1) is 10.9. The van der Waals surface area contributed by atoms with Crippen molar-refractivity contribution in [1.29, 1.82) is 0 Å². The van der Waals surface area contributed by atoms with Gasteiger partial charge < -0.3 is 10.6 Å². The molecule has 120 valence electrons. The van der Waals surface area contributed by atoms with E-state index < -0.39 is 11.7 Å². The number of amides is 2. The van der Waals surface area contributed by atoms with Crippen molar-refractivity contribution in [3.63, 3.8) is 0 Å². The molecule has 4 nitrogen and oxygen atoms in total. The lowest BCUT2D eigenvalue weighted by Gasteiger charge is -2.12. The van der Waals surface area contributed by atoms with Crippen LogP contribution in [-0.4, -0.2) is 18.4 Å². The zero-order chi connectivity index (χ0) is 17.0. The molecule has 0 bridgehead atoms. The van der Waals surface area contributed by atoms with E-state index in [1.54, 1.807) is 0 Å². The Labute approximate surface area is 142 Å². The van der Waals surface area contributed by atoms with Gasteiger partial charge in [0.25, 0.3) is 5.91 Å². The van der Waals surface area contributed by atoms with Gasteiger partial charge in [0.15, 0.2) is 0 Å². The van der Waals surface area contributed by atoms with Gasteiger partial charge in [-0.2, -0.15) is 0 Å². The van der Waals surface area contributed by atoms with Crippen molar-refractivity contribution < 1.29 is 14.0 Å². The van der Waals surface area contributed by atoms with Crippen molar-refractivity contribution >= 4 is 33.4 Å². The molecule has 2 amide bonds. The summed E-state index contributed by atoms with van der Waals surface area (Å²) < 4.78 is 13.4. The number of halogens is 2. The third-order valence-corrected chi connectivity index (χ3v) is 3.99. The van der Waals surface area contributed by atoms with Crippen LogP contribution in [-0.2, 0) is 4.79 Å². The first-order valence-corrected chi connectivity index (χ1v) is 7.77. The molecule has 0 atom stereocenters. The first-order valence-electron chi connectivity index (χ1n) is 6.98.